The first-order valence-corrected chi connectivity index (χ1v) is 5.93. The van der Waals surface area contributed by atoms with Gasteiger partial charge in [0.15, 0.2) is 5.13 Å². The zero-order valence-electron chi connectivity index (χ0n) is 8.16. The molecule has 0 bridgehead atoms. The van der Waals surface area contributed by atoms with Gasteiger partial charge in [-0.2, -0.15) is 0 Å². The molecule has 0 unspecified atom stereocenters. The minimum atomic E-state index is -0.195. The van der Waals surface area contributed by atoms with Gasteiger partial charge in [0.25, 0.3) is 0 Å². The summed E-state index contributed by atoms with van der Waals surface area (Å²) in [5.41, 5.74) is 0.875. The molecule has 1 aromatic carbocycles. The number of anilines is 1. The van der Waals surface area contributed by atoms with Crippen LogP contribution in [0.25, 0.3) is 10.2 Å². The second kappa shape index (κ2) is 3.45. The Balaban J connectivity index is 1.84. The van der Waals surface area contributed by atoms with Gasteiger partial charge in [-0.1, -0.05) is 11.3 Å². The maximum absolute atomic E-state index is 12.9. The highest BCUT2D eigenvalue weighted by molar-refractivity contribution is 7.22. The Bertz CT molecular complexity index is 490. The van der Waals surface area contributed by atoms with Crippen LogP contribution in [0.5, 0.6) is 0 Å². The molecule has 0 spiro atoms. The Labute approximate surface area is 91.1 Å². The summed E-state index contributed by atoms with van der Waals surface area (Å²) in [5, 5.41) is 4.21. The van der Waals surface area contributed by atoms with Crippen LogP contribution in [0.3, 0.4) is 0 Å². The van der Waals surface area contributed by atoms with Crippen LogP contribution in [0, 0.1) is 11.7 Å². The van der Waals surface area contributed by atoms with E-state index >= 15 is 0 Å². The van der Waals surface area contributed by atoms with Crippen molar-refractivity contribution >= 4 is 26.7 Å². The van der Waals surface area contributed by atoms with E-state index in [0.29, 0.717) is 0 Å². The van der Waals surface area contributed by atoms with Crippen molar-refractivity contribution in [1.29, 1.82) is 0 Å². The lowest BCUT2D eigenvalue weighted by molar-refractivity contribution is 0.630. The first kappa shape index (κ1) is 9.09. The number of nitrogens with one attached hydrogen (secondary N) is 1. The van der Waals surface area contributed by atoms with Gasteiger partial charge in [-0.3, -0.25) is 0 Å². The summed E-state index contributed by atoms with van der Waals surface area (Å²) in [6.07, 6.45) is 2.65. The molecule has 0 radical (unpaired) electrons. The van der Waals surface area contributed by atoms with Crippen LogP contribution in [0.15, 0.2) is 18.2 Å². The second-order valence-electron chi connectivity index (χ2n) is 3.96. The van der Waals surface area contributed by atoms with Gasteiger partial charge < -0.3 is 5.32 Å². The van der Waals surface area contributed by atoms with Crippen LogP contribution in [-0.4, -0.2) is 11.5 Å². The predicted molar refractivity (Wildman–Crippen MR) is 60.8 cm³/mol. The predicted octanol–water partition coefficient (Wildman–Crippen LogP) is 3.26. The molecular weight excluding hydrogens is 211 g/mol. The van der Waals surface area contributed by atoms with E-state index in [1.807, 2.05) is 0 Å². The lowest BCUT2D eigenvalue weighted by Gasteiger charge is -1.97. The number of benzene rings is 1. The van der Waals surface area contributed by atoms with Crippen LogP contribution in [0.2, 0.25) is 0 Å². The zero-order valence-corrected chi connectivity index (χ0v) is 8.98. The highest BCUT2D eigenvalue weighted by Gasteiger charge is 2.21. The van der Waals surface area contributed by atoms with Gasteiger partial charge in [-0.25, -0.2) is 9.37 Å². The van der Waals surface area contributed by atoms with Crippen LogP contribution in [0.1, 0.15) is 12.8 Å². The number of rotatable bonds is 3. The molecule has 78 valence electrons. The van der Waals surface area contributed by atoms with E-state index in [2.05, 4.69) is 10.3 Å². The van der Waals surface area contributed by atoms with E-state index in [-0.39, 0.29) is 5.82 Å². The van der Waals surface area contributed by atoms with Crippen molar-refractivity contribution < 1.29 is 4.39 Å². The average Bonchev–Trinajstić information content (AvgIpc) is 2.95. The average molecular weight is 222 g/mol. The number of halogens is 1. The summed E-state index contributed by atoms with van der Waals surface area (Å²) in [7, 11) is 0. The highest BCUT2D eigenvalue weighted by Crippen LogP contribution is 2.31. The Morgan fingerprint density at radius 1 is 1.47 bits per heavy atom. The van der Waals surface area contributed by atoms with Crippen LogP contribution in [0.4, 0.5) is 9.52 Å². The summed E-state index contributed by atoms with van der Waals surface area (Å²) in [4.78, 5) is 4.39. The Morgan fingerprint density at radius 3 is 3.13 bits per heavy atom. The van der Waals surface area contributed by atoms with E-state index in [1.165, 1.54) is 36.3 Å². The maximum Gasteiger partial charge on any atom is 0.183 e. The maximum atomic E-state index is 12.9. The fourth-order valence-electron chi connectivity index (χ4n) is 1.53. The third-order valence-electron chi connectivity index (χ3n) is 2.59. The summed E-state index contributed by atoms with van der Waals surface area (Å²) >= 11 is 1.52. The van der Waals surface area contributed by atoms with Crippen molar-refractivity contribution in [2.75, 3.05) is 11.9 Å². The molecule has 0 aliphatic heterocycles. The number of thiazole rings is 1. The van der Waals surface area contributed by atoms with Gasteiger partial charge in [0.2, 0.25) is 0 Å². The molecule has 0 atom stereocenters. The molecule has 1 aliphatic carbocycles. The fraction of sp³-hybridized carbons (Fsp3) is 0.364. The van der Waals surface area contributed by atoms with E-state index < -0.39 is 0 Å². The van der Waals surface area contributed by atoms with Crippen molar-refractivity contribution in [2.24, 2.45) is 5.92 Å². The lowest BCUT2D eigenvalue weighted by atomic mass is 10.3. The van der Waals surface area contributed by atoms with Crippen LogP contribution >= 0.6 is 11.3 Å². The van der Waals surface area contributed by atoms with Crippen molar-refractivity contribution in [3.8, 4) is 0 Å². The van der Waals surface area contributed by atoms with Crippen LogP contribution < -0.4 is 5.32 Å². The van der Waals surface area contributed by atoms with Gasteiger partial charge in [-0.15, -0.1) is 0 Å². The zero-order chi connectivity index (χ0) is 10.3. The highest BCUT2D eigenvalue weighted by atomic mass is 32.1. The normalized spacial score (nSPS) is 15.8. The molecule has 1 saturated carbocycles. The van der Waals surface area contributed by atoms with Gasteiger partial charge in [0.05, 0.1) is 10.2 Å². The molecule has 0 saturated heterocycles. The van der Waals surface area contributed by atoms with Gasteiger partial charge in [-0.05, 0) is 37.0 Å². The molecule has 1 aromatic heterocycles. The largest absolute Gasteiger partial charge is 0.361 e. The van der Waals surface area contributed by atoms with Crippen LogP contribution in [-0.2, 0) is 0 Å². The summed E-state index contributed by atoms with van der Waals surface area (Å²) in [6, 6.07) is 4.71. The second-order valence-corrected chi connectivity index (χ2v) is 4.99. The third kappa shape index (κ3) is 1.95. The summed E-state index contributed by atoms with van der Waals surface area (Å²) in [6.45, 7) is 1.00. The molecule has 3 rings (SSSR count). The molecule has 0 amide bonds. The molecule has 1 N–H and O–H groups in total. The Hall–Kier alpha value is -1.16. The van der Waals surface area contributed by atoms with E-state index in [1.54, 1.807) is 6.07 Å². The molecule has 1 heterocycles. The first-order valence-electron chi connectivity index (χ1n) is 5.11. The van der Waals surface area contributed by atoms with Crippen molar-refractivity contribution in [3.63, 3.8) is 0 Å². The molecule has 4 heteroatoms. The number of hydrogen-bond acceptors (Lipinski definition) is 3. The van der Waals surface area contributed by atoms with Gasteiger partial charge in [0.1, 0.15) is 5.82 Å². The van der Waals surface area contributed by atoms with Gasteiger partial charge >= 0.3 is 0 Å². The lowest BCUT2D eigenvalue weighted by Crippen LogP contribution is -2.01. The monoisotopic (exact) mass is 222 g/mol. The Morgan fingerprint density at radius 2 is 2.33 bits per heavy atom. The standard InChI is InChI=1S/C11H11FN2S/c12-8-3-4-9-10(5-8)15-11(14-9)13-6-7-1-2-7/h3-5,7H,1-2,6H2,(H,13,14). The first-order chi connectivity index (χ1) is 7.31. The molecule has 15 heavy (non-hydrogen) atoms. The number of aromatic nitrogens is 1. The van der Waals surface area contributed by atoms with E-state index in [0.717, 1.165) is 27.8 Å². The number of fused-ring (bicyclic) bond motifs is 1. The number of hydrogen-bond donors (Lipinski definition) is 1. The molecule has 1 fully saturated rings. The summed E-state index contributed by atoms with van der Waals surface area (Å²) < 4.78 is 13.8. The number of nitrogens with zero attached hydrogens (tertiary/aromatic N) is 1. The Kier molecular flexibility index (Phi) is 2.09. The van der Waals surface area contributed by atoms with Crippen molar-refractivity contribution in [2.45, 2.75) is 12.8 Å². The topological polar surface area (TPSA) is 24.9 Å². The summed E-state index contributed by atoms with van der Waals surface area (Å²) in [5.74, 6) is 0.633. The third-order valence-corrected chi connectivity index (χ3v) is 3.57. The van der Waals surface area contributed by atoms with Crippen molar-refractivity contribution in [3.05, 3.63) is 24.0 Å². The van der Waals surface area contributed by atoms with Crippen molar-refractivity contribution in [1.82, 2.24) is 4.98 Å². The minimum Gasteiger partial charge on any atom is -0.361 e. The smallest absolute Gasteiger partial charge is 0.183 e. The van der Waals surface area contributed by atoms with E-state index in [4.69, 9.17) is 0 Å². The fourth-order valence-corrected chi connectivity index (χ4v) is 2.43. The molecule has 1 aliphatic rings. The quantitative estimate of drug-likeness (QED) is 0.862. The van der Waals surface area contributed by atoms with Gasteiger partial charge in [0, 0.05) is 6.54 Å². The molecular formula is C11H11FN2S. The SMILES string of the molecule is Fc1ccc2nc(NCC3CC3)sc2c1. The minimum absolute atomic E-state index is 0.195. The van der Waals surface area contributed by atoms with E-state index in [9.17, 15) is 4.39 Å². The molecule has 2 aromatic rings. The molecule has 2 nitrogen and oxygen atoms in total.